The minimum Gasteiger partial charge on any atom is -0.512 e. The second-order valence-corrected chi connectivity index (χ2v) is 2.52. The van der Waals surface area contributed by atoms with E-state index in [0.29, 0.717) is 25.0 Å². The van der Waals surface area contributed by atoms with E-state index >= 15 is 0 Å². The lowest BCUT2D eigenvalue weighted by Crippen LogP contribution is -2.03. The Morgan fingerprint density at radius 1 is 1.00 bits per heavy atom. The zero-order valence-corrected chi connectivity index (χ0v) is 9.11. The Bertz CT molecular complexity index is 328. The first-order valence-corrected chi connectivity index (χ1v) is 4.38. The molecule has 0 radical (unpaired) electrons. The largest absolute Gasteiger partial charge is 0.512 e. The molecule has 0 aromatic carbocycles. The molecule has 0 aromatic heterocycles. The van der Waals surface area contributed by atoms with Crippen LogP contribution in [-0.2, 0) is 14.2 Å². The maximum absolute atomic E-state index is 8.88. The lowest BCUT2D eigenvalue weighted by Gasteiger charge is -2.11. The first-order chi connectivity index (χ1) is 8.23. The first-order valence-electron chi connectivity index (χ1n) is 4.38. The number of aliphatic hydroxyl groups is 4. The Kier molecular flexibility index (Phi) is 7.78. The van der Waals surface area contributed by atoms with E-state index in [4.69, 9.17) is 34.6 Å². The summed E-state index contributed by atoms with van der Waals surface area (Å²) in [5.74, 6) is -0.597. The summed E-state index contributed by atoms with van der Waals surface area (Å²) in [5, 5.41) is 34.9. The predicted molar refractivity (Wildman–Crippen MR) is 58.0 cm³/mol. The summed E-state index contributed by atoms with van der Waals surface area (Å²) in [6.07, 6.45) is 3.06. The van der Waals surface area contributed by atoms with Gasteiger partial charge in [0, 0.05) is 7.11 Å². The van der Waals surface area contributed by atoms with E-state index in [0.717, 1.165) is 6.26 Å². The highest BCUT2D eigenvalue weighted by Gasteiger charge is 2.11. The molecule has 96 valence electrons. The molecule has 7 heteroatoms. The van der Waals surface area contributed by atoms with Crippen molar-refractivity contribution in [1.29, 1.82) is 0 Å². The van der Waals surface area contributed by atoms with E-state index in [9.17, 15) is 0 Å². The average molecular weight is 246 g/mol. The third-order valence-corrected chi connectivity index (χ3v) is 1.40. The molecule has 0 bridgehead atoms. The fourth-order valence-corrected chi connectivity index (χ4v) is 0.773. The third-order valence-electron chi connectivity index (χ3n) is 1.40. The predicted octanol–water partition coefficient (Wildman–Crippen LogP) is 1.89. The van der Waals surface area contributed by atoms with Crippen molar-refractivity contribution < 1.29 is 34.6 Å². The number of ether oxygens (including phenoxy) is 3. The van der Waals surface area contributed by atoms with Gasteiger partial charge in [0.05, 0.1) is 0 Å². The van der Waals surface area contributed by atoms with E-state index in [1.807, 2.05) is 0 Å². The molecule has 0 aliphatic carbocycles. The molecule has 0 spiro atoms. The molecule has 4 N–H and O–H groups in total. The molecule has 0 amide bonds. The normalized spacial score (nSPS) is 14.1. The third kappa shape index (κ3) is 5.38. The van der Waals surface area contributed by atoms with Crippen molar-refractivity contribution in [2.45, 2.75) is 0 Å². The molecular weight excluding hydrogens is 232 g/mol. The standard InChI is InChI=1S/C10H14O7/c1-15-7-8(4-12)17-10(6-14)9(5-13)16-3-2-11/h2-6,11-14H,7H2,1H3. The zero-order chi connectivity index (χ0) is 13.1. The molecule has 0 aliphatic heterocycles. The van der Waals surface area contributed by atoms with Gasteiger partial charge in [0.25, 0.3) is 0 Å². The topological polar surface area (TPSA) is 109 Å². The number of hydrogen-bond donors (Lipinski definition) is 4. The van der Waals surface area contributed by atoms with E-state index in [1.165, 1.54) is 7.11 Å². The Hall–Kier alpha value is -2.28. The number of hydrogen-bond acceptors (Lipinski definition) is 7. The quantitative estimate of drug-likeness (QED) is 0.401. The summed E-state index contributed by atoms with van der Waals surface area (Å²) >= 11 is 0. The van der Waals surface area contributed by atoms with Crippen molar-refractivity contribution >= 4 is 0 Å². The van der Waals surface area contributed by atoms with Crippen LogP contribution in [0.3, 0.4) is 0 Å². The minimum absolute atomic E-state index is 0.0243. The van der Waals surface area contributed by atoms with E-state index in [-0.39, 0.29) is 23.9 Å². The fraction of sp³-hybridized carbons (Fsp3) is 0.200. The van der Waals surface area contributed by atoms with Crippen LogP contribution in [0, 0.1) is 0 Å². The molecule has 0 atom stereocenters. The molecular formula is C10H14O7. The van der Waals surface area contributed by atoms with Gasteiger partial charge in [0.1, 0.15) is 37.9 Å². The second kappa shape index (κ2) is 8.98. The molecule has 0 unspecified atom stereocenters. The van der Waals surface area contributed by atoms with Crippen LogP contribution in [0.25, 0.3) is 0 Å². The van der Waals surface area contributed by atoms with Crippen molar-refractivity contribution in [3.8, 4) is 0 Å². The highest BCUT2D eigenvalue weighted by molar-refractivity contribution is 5.19. The van der Waals surface area contributed by atoms with Crippen molar-refractivity contribution in [2.24, 2.45) is 0 Å². The summed E-state index contributed by atoms with van der Waals surface area (Å²) in [7, 11) is 1.38. The van der Waals surface area contributed by atoms with Crippen LogP contribution in [0.1, 0.15) is 0 Å². The van der Waals surface area contributed by atoms with Crippen LogP contribution in [0.4, 0.5) is 0 Å². The van der Waals surface area contributed by atoms with Gasteiger partial charge in [-0.3, -0.25) is 0 Å². The summed E-state index contributed by atoms with van der Waals surface area (Å²) in [5.41, 5.74) is 0. The van der Waals surface area contributed by atoms with Gasteiger partial charge in [-0.05, 0) is 0 Å². The Balaban J connectivity index is 4.72. The van der Waals surface area contributed by atoms with Crippen molar-refractivity contribution in [1.82, 2.24) is 0 Å². The van der Waals surface area contributed by atoms with Gasteiger partial charge in [-0.2, -0.15) is 0 Å². The van der Waals surface area contributed by atoms with Gasteiger partial charge in [-0.25, -0.2) is 0 Å². The van der Waals surface area contributed by atoms with Gasteiger partial charge < -0.3 is 34.6 Å². The smallest absolute Gasteiger partial charge is 0.206 e. The molecule has 17 heavy (non-hydrogen) atoms. The van der Waals surface area contributed by atoms with Gasteiger partial charge in [-0.15, -0.1) is 0 Å². The highest BCUT2D eigenvalue weighted by Crippen LogP contribution is 2.16. The lowest BCUT2D eigenvalue weighted by atomic mass is 10.4. The van der Waals surface area contributed by atoms with Crippen LogP contribution in [0.15, 0.2) is 48.6 Å². The van der Waals surface area contributed by atoms with Crippen LogP contribution < -0.4 is 0 Å². The molecule has 0 aliphatic rings. The molecule has 0 saturated carbocycles. The van der Waals surface area contributed by atoms with Gasteiger partial charge >= 0.3 is 0 Å². The second-order valence-electron chi connectivity index (χ2n) is 2.52. The summed E-state index contributed by atoms with van der Waals surface area (Å²) in [6.45, 7) is -0.0532. The van der Waals surface area contributed by atoms with Crippen LogP contribution in [0.2, 0.25) is 0 Å². The molecule has 0 aromatic rings. The van der Waals surface area contributed by atoms with Crippen LogP contribution in [0.5, 0.6) is 0 Å². The monoisotopic (exact) mass is 246 g/mol. The minimum atomic E-state index is -0.289. The van der Waals surface area contributed by atoms with Crippen molar-refractivity contribution in [3.63, 3.8) is 0 Å². The molecule has 0 saturated heterocycles. The Labute approximate surface area is 97.8 Å². The van der Waals surface area contributed by atoms with Crippen molar-refractivity contribution in [3.05, 3.63) is 48.6 Å². The first kappa shape index (κ1) is 14.7. The summed E-state index contributed by atoms with van der Waals surface area (Å²) < 4.78 is 14.4. The zero-order valence-electron chi connectivity index (χ0n) is 9.11. The highest BCUT2D eigenvalue weighted by atomic mass is 16.6. The van der Waals surface area contributed by atoms with Gasteiger partial charge in [0.2, 0.25) is 11.5 Å². The molecule has 0 heterocycles. The SMILES string of the molecule is COCC(=CO)OC(=CO)C(=CO)OC=CO. The lowest BCUT2D eigenvalue weighted by molar-refractivity contribution is 0.144. The molecule has 7 nitrogen and oxygen atoms in total. The van der Waals surface area contributed by atoms with Gasteiger partial charge in [0.15, 0.2) is 5.76 Å². The maximum Gasteiger partial charge on any atom is 0.206 e. The van der Waals surface area contributed by atoms with E-state index in [1.54, 1.807) is 0 Å². The maximum atomic E-state index is 8.88. The van der Waals surface area contributed by atoms with E-state index < -0.39 is 0 Å². The number of methoxy groups -OCH3 is 1. The summed E-state index contributed by atoms with van der Waals surface area (Å²) in [4.78, 5) is 0. The number of rotatable bonds is 7. The number of aliphatic hydroxyl groups excluding tert-OH is 4. The summed E-state index contributed by atoms with van der Waals surface area (Å²) in [6, 6.07) is 0. The fourth-order valence-electron chi connectivity index (χ4n) is 0.773. The molecule has 0 rings (SSSR count). The van der Waals surface area contributed by atoms with Crippen LogP contribution >= 0.6 is 0 Å². The van der Waals surface area contributed by atoms with Gasteiger partial charge in [-0.1, -0.05) is 0 Å². The average Bonchev–Trinajstić information content (AvgIpc) is 2.36. The van der Waals surface area contributed by atoms with Crippen LogP contribution in [-0.4, -0.2) is 34.1 Å². The van der Waals surface area contributed by atoms with E-state index in [2.05, 4.69) is 0 Å². The van der Waals surface area contributed by atoms with Crippen molar-refractivity contribution in [2.75, 3.05) is 13.7 Å². The Morgan fingerprint density at radius 3 is 2.06 bits per heavy atom. The molecule has 0 fully saturated rings. The Morgan fingerprint density at radius 2 is 1.65 bits per heavy atom.